The molecular formula is C13H26IN3. The molecule has 17 heavy (non-hydrogen) atoms. The van der Waals surface area contributed by atoms with E-state index >= 15 is 0 Å². The van der Waals surface area contributed by atoms with Crippen molar-refractivity contribution in [2.45, 2.75) is 33.6 Å². The third-order valence-corrected chi connectivity index (χ3v) is 3.02. The van der Waals surface area contributed by atoms with Gasteiger partial charge in [-0.05, 0) is 25.2 Å². The highest BCUT2D eigenvalue weighted by molar-refractivity contribution is 14.0. The van der Waals surface area contributed by atoms with Crippen molar-refractivity contribution in [1.82, 2.24) is 10.2 Å². The van der Waals surface area contributed by atoms with Crippen LogP contribution in [0.15, 0.2) is 17.1 Å². The van der Waals surface area contributed by atoms with Crippen LogP contribution in [0.25, 0.3) is 0 Å². The maximum atomic E-state index is 4.34. The first-order valence-corrected chi connectivity index (χ1v) is 6.16. The fourth-order valence-electron chi connectivity index (χ4n) is 2.06. The molecule has 0 bridgehead atoms. The maximum absolute atomic E-state index is 4.34. The Hall–Kier alpha value is -0.260. The first-order chi connectivity index (χ1) is 7.59. The molecular weight excluding hydrogens is 325 g/mol. The highest BCUT2D eigenvalue weighted by atomic mass is 127. The zero-order chi connectivity index (χ0) is 12.0. The molecule has 1 rings (SSSR count). The lowest BCUT2D eigenvalue weighted by molar-refractivity contribution is 0.370. The van der Waals surface area contributed by atoms with Crippen molar-refractivity contribution in [2.75, 3.05) is 26.7 Å². The third kappa shape index (κ3) is 5.75. The Kier molecular flexibility index (Phi) is 7.83. The van der Waals surface area contributed by atoms with Crippen LogP contribution in [-0.2, 0) is 0 Å². The lowest BCUT2D eigenvalue weighted by Crippen LogP contribution is -2.41. The Balaban J connectivity index is 0.00000256. The van der Waals surface area contributed by atoms with Gasteiger partial charge in [-0.2, -0.15) is 0 Å². The summed E-state index contributed by atoms with van der Waals surface area (Å²) in [7, 11) is 1.86. The summed E-state index contributed by atoms with van der Waals surface area (Å²) in [5.41, 5.74) is 0.431. The van der Waals surface area contributed by atoms with Crippen LogP contribution in [0.1, 0.15) is 33.6 Å². The molecule has 0 saturated carbocycles. The zero-order valence-corrected chi connectivity index (χ0v) is 13.8. The van der Waals surface area contributed by atoms with Crippen LogP contribution in [-0.4, -0.2) is 37.5 Å². The van der Waals surface area contributed by atoms with E-state index in [-0.39, 0.29) is 24.0 Å². The molecule has 0 radical (unpaired) electrons. The fourth-order valence-corrected chi connectivity index (χ4v) is 2.06. The molecule has 0 aromatic heterocycles. The molecule has 1 aliphatic rings. The van der Waals surface area contributed by atoms with E-state index in [0.717, 1.165) is 32.0 Å². The lowest BCUT2D eigenvalue weighted by atomic mass is 9.93. The van der Waals surface area contributed by atoms with Gasteiger partial charge in [0.05, 0.1) is 0 Å². The van der Waals surface area contributed by atoms with Gasteiger partial charge in [0.2, 0.25) is 0 Å². The lowest BCUT2D eigenvalue weighted by Gasteiger charge is -2.23. The Morgan fingerprint density at radius 2 is 2.18 bits per heavy atom. The number of allylic oxidation sites excluding steroid dienone is 1. The molecule has 0 aromatic rings. The molecule has 1 saturated heterocycles. The van der Waals surface area contributed by atoms with Crippen molar-refractivity contribution in [1.29, 1.82) is 0 Å². The summed E-state index contributed by atoms with van der Waals surface area (Å²) in [6, 6.07) is 0. The molecule has 1 fully saturated rings. The van der Waals surface area contributed by atoms with Crippen LogP contribution in [0, 0.1) is 5.41 Å². The van der Waals surface area contributed by atoms with Crippen LogP contribution >= 0.6 is 24.0 Å². The number of hydrogen-bond acceptors (Lipinski definition) is 1. The van der Waals surface area contributed by atoms with Gasteiger partial charge in [-0.1, -0.05) is 26.0 Å². The van der Waals surface area contributed by atoms with Crippen molar-refractivity contribution in [3.63, 3.8) is 0 Å². The summed E-state index contributed by atoms with van der Waals surface area (Å²) in [6.45, 7) is 9.89. The van der Waals surface area contributed by atoms with E-state index < -0.39 is 0 Å². The second-order valence-electron chi connectivity index (χ2n) is 5.17. The Labute approximate surface area is 123 Å². The first kappa shape index (κ1) is 16.7. The maximum Gasteiger partial charge on any atom is 0.193 e. The number of halogens is 1. The highest BCUT2D eigenvalue weighted by Crippen LogP contribution is 2.28. The number of guanidine groups is 1. The molecule has 3 nitrogen and oxygen atoms in total. The summed E-state index contributed by atoms with van der Waals surface area (Å²) in [4.78, 5) is 6.70. The van der Waals surface area contributed by atoms with Crippen molar-refractivity contribution < 1.29 is 0 Å². The molecule has 1 aliphatic heterocycles. The monoisotopic (exact) mass is 351 g/mol. The summed E-state index contributed by atoms with van der Waals surface area (Å²) in [6.07, 6.45) is 6.58. The van der Waals surface area contributed by atoms with Gasteiger partial charge in [-0.15, -0.1) is 24.0 Å². The van der Waals surface area contributed by atoms with Crippen molar-refractivity contribution >= 4 is 29.9 Å². The largest absolute Gasteiger partial charge is 0.356 e. The average Bonchev–Trinajstić information content (AvgIpc) is 2.59. The zero-order valence-electron chi connectivity index (χ0n) is 11.5. The average molecular weight is 351 g/mol. The van der Waals surface area contributed by atoms with E-state index in [9.17, 15) is 0 Å². The van der Waals surface area contributed by atoms with Crippen molar-refractivity contribution in [3.8, 4) is 0 Å². The number of aliphatic imine (C=N–C) groups is 1. The van der Waals surface area contributed by atoms with E-state index in [4.69, 9.17) is 0 Å². The van der Waals surface area contributed by atoms with Crippen LogP contribution < -0.4 is 5.32 Å². The van der Waals surface area contributed by atoms with Gasteiger partial charge in [0, 0.05) is 26.7 Å². The fraction of sp³-hybridized carbons (Fsp3) is 0.769. The topological polar surface area (TPSA) is 27.6 Å². The van der Waals surface area contributed by atoms with Gasteiger partial charge in [-0.25, -0.2) is 0 Å². The van der Waals surface area contributed by atoms with Gasteiger partial charge in [0.25, 0.3) is 0 Å². The molecule has 0 aliphatic carbocycles. The number of hydrogen-bond donors (Lipinski definition) is 1. The standard InChI is InChI=1S/C13H25N3.HI/c1-5-6-7-9-15-12(14-4)16-10-8-13(2,3)11-16;/h5-6H,7-11H2,1-4H3,(H,14,15);1H. The smallest absolute Gasteiger partial charge is 0.193 e. The second-order valence-corrected chi connectivity index (χ2v) is 5.17. The van der Waals surface area contributed by atoms with Crippen molar-refractivity contribution in [2.24, 2.45) is 10.4 Å². The summed E-state index contributed by atoms with van der Waals surface area (Å²) >= 11 is 0. The van der Waals surface area contributed by atoms with Crippen molar-refractivity contribution in [3.05, 3.63) is 12.2 Å². The number of likely N-dealkylation sites (tertiary alicyclic amines) is 1. The Morgan fingerprint density at radius 1 is 1.47 bits per heavy atom. The molecule has 0 atom stereocenters. The summed E-state index contributed by atoms with van der Waals surface area (Å²) in [5, 5.41) is 3.41. The quantitative estimate of drug-likeness (QED) is 0.278. The SMILES string of the molecule is CC=CCCNC(=NC)N1CCC(C)(C)C1.I. The third-order valence-electron chi connectivity index (χ3n) is 3.02. The normalized spacial score (nSPS) is 19.5. The molecule has 0 aromatic carbocycles. The predicted octanol–water partition coefficient (Wildman–Crippen LogP) is 2.88. The van der Waals surface area contributed by atoms with Gasteiger partial charge >= 0.3 is 0 Å². The minimum atomic E-state index is 0. The van der Waals surface area contributed by atoms with Gasteiger partial charge in [0.15, 0.2) is 5.96 Å². The summed E-state index contributed by atoms with van der Waals surface area (Å²) in [5.74, 6) is 1.05. The van der Waals surface area contributed by atoms with Gasteiger partial charge < -0.3 is 10.2 Å². The summed E-state index contributed by atoms with van der Waals surface area (Å²) < 4.78 is 0. The van der Waals surface area contributed by atoms with Crippen LogP contribution in [0.3, 0.4) is 0 Å². The van der Waals surface area contributed by atoms with E-state index in [1.807, 2.05) is 7.05 Å². The second kappa shape index (κ2) is 7.95. The molecule has 4 heteroatoms. The van der Waals surface area contributed by atoms with E-state index in [1.165, 1.54) is 6.42 Å². The van der Waals surface area contributed by atoms with Crippen LogP contribution in [0.2, 0.25) is 0 Å². The molecule has 0 spiro atoms. The Bertz CT molecular complexity index is 272. The molecule has 100 valence electrons. The van der Waals surface area contributed by atoms with Gasteiger partial charge in [0.1, 0.15) is 0 Å². The van der Waals surface area contributed by atoms with E-state index in [2.05, 4.69) is 48.1 Å². The van der Waals surface area contributed by atoms with E-state index in [1.54, 1.807) is 0 Å². The minimum absolute atomic E-state index is 0. The van der Waals surface area contributed by atoms with E-state index in [0.29, 0.717) is 5.41 Å². The van der Waals surface area contributed by atoms with Gasteiger partial charge in [-0.3, -0.25) is 4.99 Å². The predicted molar refractivity (Wildman–Crippen MR) is 86.2 cm³/mol. The van der Waals surface area contributed by atoms with Crippen LogP contribution in [0.5, 0.6) is 0 Å². The highest BCUT2D eigenvalue weighted by Gasteiger charge is 2.30. The molecule has 1 N–H and O–H groups in total. The molecule has 1 heterocycles. The molecule has 0 unspecified atom stereocenters. The number of rotatable bonds is 3. The Morgan fingerprint density at radius 3 is 2.65 bits per heavy atom. The minimum Gasteiger partial charge on any atom is -0.356 e. The number of nitrogens with one attached hydrogen (secondary N) is 1. The van der Waals surface area contributed by atoms with Crippen LogP contribution in [0.4, 0.5) is 0 Å². The first-order valence-electron chi connectivity index (χ1n) is 6.16. The number of nitrogens with zero attached hydrogens (tertiary/aromatic N) is 2. The molecule has 0 amide bonds.